The van der Waals surface area contributed by atoms with E-state index >= 15 is 0 Å². The first-order chi connectivity index (χ1) is 15.2. The monoisotopic (exact) mass is 432 g/mol. The summed E-state index contributed by atoms with van der Waals surface area (Å²) in [6.45, 7) is 0.497. The van der Waals surface area contributed by atoms with Crippen LogP contribution in [0.3, 0.4) is 0 Å². The van der Waals surface area contributed by atoms with E-state index in [1.54, 1.807) is 23.2 Å². The normalized spacial score (nSPS) is 10.6. The average Bonchev–Trinajstić information content (AvgIpc) is 3.19. The molecule has 1 amide bonds. The second kappa shape index (κ2) is 9.86. The van der Waals surface area contributed by atoms with Gasteiger partial charge in [-0.05, 0) is 29.8 Å². The summed E-state index contributed by atoms with van der Waals surface area (Å²) in [5.74, 6) is 1.42. The van der Waals surface area contributed by atoms with Crippen LogP contribution in [0.25, 0.3) is 11.5 Å². The van der Waals surface area contributed by atoms with Gasteiger partial charge in [-0.3, -0.25) is 9.78 Å². The van der Waals surface area contributed by atoms with E-state index in [1.807, 2.05) is 61.6 Å². The maximum absolute atomic E-state index is 12.3. The molecule has 0 radical (unpaired) electrons. The Balaban J connectivity index is 1.28. The number of aromatic nitrogens is 5. The van der Waals surface area contributed by atoms with Gasteiger partial charge in [0.1, 0.15) is 18.1 Å². The molecule has 0 aliphatic heterocycles. The van der Waals surface area contributed by atoms with Gasteiger partial charge in [0, 0.05) is 25.1 Å². The molecule has 0 fully saturated rings. The fourth-order valence-electron chi connectivity index (χ4n) is 2.78. The zero-order chi connectivity index (χ0) is 21.5. The predicted octanol–water partition coefficient (Wildman–Crippen LogP) is 3.58. The van der Waals surface area contributed by atoms with Crippen LogP contribution in [-0.4, -0.2) is 36.4 Å². The fourth-order valence-corrected chi connectivity index (χ4v) is 3.49. The van der Waals surface area contributed by atoms with E-state index in [0.717, 1.165) is 11.3 Å². The molecule has 31 heavy (non-hydrogen) atoms. The third-order valence-corrected chi connectivity index (χ3v) is 5.37. The van der Waals surface area contributed by atoms with Crippen molar-refractivity contribution in [3.63, 3.8) is 0 Å². The summed E-state index contributed by atoms with van der Waals surface area (Å²) in [4.78, 5) is 20.6. The number of benzene rings is 2. The highest BCUT2D eigenvalue weighted by Gasteiger charge is 2.14. The first-order valence-electron chi connectivity index (χ1n) is 9.54. The SMILES string of the molecule is Cn1c(SCC(=O)Nc2ccc(OCc3ccccc3)cc2)nnc1-c1cnccn1. The second-order valence-electron chi connectivity index (χ2n) is 6.59. The smallest absolute Gasteiger partial charge is 0.234 e. The van der Waals surface area contributed by atoms with Gasteiger partial charge >= 0.3 is 0 Å². The van der Waals surface area contributed by atoms with Crippen molar-refractivity contribution in [2.24, 2.45) is 7.05 Å². The summed E-state index contributed by atoms with van der Waals surface area (Å²) in [5, 5.41) is 11.8. The molecule has 0 aliphatic carbocycles. The molecule has 0 aliphatic rings. The molecule has 0 saturated heterocycles. The van der Waals surface area contributed by atoms with E-state index in [2.05, 4.69) is 25.5 Å². The van der Waals surface area contributed by atoms with Crippen LogP contribution in [0.15, 0.2) is 78.3 Å². The lowest BCUT2D eigenvalue weighted by atomic mass is 10.2. The van der Waals surface area contributed by atoms with Crippen molar-refractivity contribution in [1.29, 1.82) is 0 Å². The number of nitrogens with one attached hydrogen (secondary N) is 1. The van der Waals surface area contributed by atoms with Gasteiger partial charge in [-0.25, -0.2) is 4.98 Å². The lowest BCUT2D eigenvalue weighted by Gasteiger charge is -2.08. The summed E-state index contributed by atoms with van der Waals surface area (Å²) in [7, 11) is 1.83. The number of hydrogen-bond donors (Lipinski definition) is 1. The Labute approximate surface area is 183 Å². The van der Waals surface area contributed by atoms with Gasteiger partial charge in [-0.15, -0.1) is 10.2 Å². The van der Waals surface area contributed by atoms with Crippen molar-refractivity contribution in [2.45, 2.75) is 11.8 Å². The number of rotatable bonds is 8. The van der Waals surface area contributed by atoms with E-state index in [1.165, 1.54) is 11.8 Å². The van der Waals surface area contributed by atoms with Gasteiger partial charge in [0.2, 0.25) is 5.91 Å². The lowest BCUT2D eigenvalue weighted by molar-refractivity contribution is -0.113. The number of ether oxygens (including phenoxy) is 1. The standard InChI is InChI=1S/C22H20N6O2S/c1-28-21(19-13-23-11-12-24-19)26-27-22(28)31-15-20(29)25-17-7-9-18(10-8-17)30-14-16-5-3-2-4-6-16/h2-13H,14-15H2,1H3,(H,25,29). The van der Waals surface area contributed by atoms with Crippen molar-refractivity contribution < 1.29 is 9.53 Å². The summed E-state index contributed by atoms with van der Waals surface area (Å²) < 4.78 is 7.56. The topological polar surface area (TPSA) is 94.8 Å². The highest BCUT2D eigenvalue weighted by atomic mass is 32.2. The Hall–Kier alpha value is -3.72. The van der Waals surface area contributed by atoms with Crippen LogP contribution >= 0.6 is 11.8 Å². The summed E-state index contributed by atoms with van der Waals surface area (Å²) >= 11 is 1.30. The van der Waals surface area contributed by atoms with Crippen molar-refractivity contribution in [2.75, 3.05) is 11.1 Å². The van der Waals surface area contributed by atoms with Crippen LogP contribution in [0.5, 0.6) is 5.75 Å². The zero-order valence-electron chi connectivity index (χ0n) is 16.8. The van der Waals surface area contributed by atoms with E-state index in [-0.39, 0.29) is 11.7 Å². The largest absolute Gasteiger partial charge is 0.489 e. The van der Waals surface area contributed by atoms with Gasteiger partial charge < -0.3 is 14.6 Å². The minimum Gasteiger partial charge on any atom is -0.489 e. The molecule has 156 valence electrons. The molecule has 1 N–H and O–H groups in total. The highest BCUT2D eigenvalue weighted by Crippen LogP contribution is 2.21. The molecule has 2 aromatic heterocycles. The van der Waals surface area contributed by atoms with E-state index in [4.69, 9.17) is 4.74 Å². The minimum atomic E-state index is -0.132. The zero-order valence-corrected chi connectivity index (χ0v) is 17.6. The number of hydrogen-bond acceptors (Lipinski definition) is 7. The molecule has 4 aromatic rings. The molecular formula is C22H20N6O2S. The average molecular weight is 433 g/mol. The molecule has 2 aromatic carbocycles. The molecule has 9 heteroatoms. The van der Waals surface area contributed by atoms with Crippen LogP contribution in [0.2, 0.25) is 0 Å². The highest BCUT2D eigenvalue weighted by molar-refractivity contribution is 7.99. The quantitative estimate of drug-likeness (QED) is 0.425. The van der Waals surface area contributed by atoms with Gasteiger partial charge in [0.05, 0.1) is 11.9 Å². The minimum absolute atomic E-state index is 0.132. The maximum Gasteiger partial charge on any atom is 0.234 e. The maximum atomic E-state index is 12.3. The summed E-state index contributed by atoms with van der Waals surface area (Å²) in [5.41, 5.74) is 2.43. The molecule has 0 saturated carbocycles. The van der Waals surface area contributed by atoms with Crippen LogP contribution in [0.4, 0.5) is 5.69 Å². The Bertz CT molecular complexity index is 1130. The van der Waals surface area contributed by atoms with E-state index in [0.29, 0.717) is 29.0 Å². The number of amides is 1. The van der Waals surface area contributed by atoms with Gasteiger partial charge in [0.15, 0.2) is 11.0 Å². The van der Waals surface area contributed by atoms with Crippen LogP contribution in [0, 0.1) is 0 Å². The van der Waals surface area contributed by atoms with E-state index in [9.17, 15) is 4.79 Å². The molecule has 0 atom stereocenters. The Kier molecular flexibility index (Phi) is 6.53. The van der Waals surface area contributed by atoms with Crippen molar-refractivity contribution >= 4 is 23.4 Å². The van der Waals surface area contributed by atoms with Gasteiger partial charge in [0.25, 0.3) is 0 Å². The summed E-state index contributed by atoms with van der Waals surface area (Å²) in [6, 6.07) is 17.3. The molecular weight excluding hydrogens is 412 g/mol. The predicted molar refractivity (Wildman–Crippen MR) is 119 cm³/mol. The molecule has 0 unspecified atom stereocenters. The van der Waals surface area contributed by atoms with Crippen LogP contribution < -0.4 is 10.1 Å². The van der Waals surface area contributed by atoms with Crippen molar-refractivity contribution in [3.05, 3.63) is 78.8 Å². The molecule has 4 rings (SSSR count). The Morgan fingerprint density at radius 1 is 1.06 bits per heavy atom. The van der Waals surface area contributed by atoms with Crippen molar-refractivity contribution in [1.82, 2.24) is 24.7 Å². The Morgan fingerprint density at radius 2 is 1.87 bits per heavy atom. The van der Waals surface area contributed by atoms with Crippen molar-refractivity contribution in [3.8, 4) is 17.3 Å². The second-order valence-corrected chi connectivity index (χ2v) is 7.53. The fraction of sp³-hybridized carbons (Fsp3) is 0.136. The van der Waals surface area contributed by atoms with Gasteiger partial charge in [-0.2, -0.15) is 0 Å². The number of carbonyl (C=O) groups excluding carboxylic acids is 1. The number of thioether (sulfide) groups is 1. The van der Waals surface area contributed by atoms with Crippen LogP contribution in [0.1, 0.15) is 5.56 Å². The molecule has 0 spiro atoms. The Morgan fingerprint density at radius 3 is 2.61 bits per heavy atom. The summed E-state index contributed by atoms with van der Waals surface area (Å²) in [6.07, 6.45) is 4.82. The van der Waals surface area contributed by atoms with Crippen LogP contribution in [-0.2, 0) is 18.4 Å². The first-order valence-corrected chi connectivity index (χ1v) is 10.5. The number of carbonyl (C=O) groups is 1. The number of anilines is 1. The molecule has 8 nitrogen and oxygen atoms in total. The third kappa shape index (κ3) is 5.46. The molecule has 2 heterocycles. The van der Waals surface area contributed by atoms with E-state index < -0.39 is 0 Å². The number of nitrogens with zero attached hydrogens (tertiary/aromatic N) is 5. The first kappa shape index (κ1) is 20.5. The van der Waals surface area contributed by atoms with Gasteiger partial charge in [-0.1, -0.05) is 42.1 Å². The lowest BCUT2D eigenvalue weighted by Crippen LogP contribution is -2.14. The third-order valence-electron chi connectivity index (χ3n) is 4.35. The molecule has 0 bridgehead atoms.